The summed E-state index contributed by atoms with van der Waals surface area (Å²) in [7, 11) is 2.16. The van der Waals surface area contributed by atoms with E-state index in [1.165, 1.54) is 11.1 Å². The van der Waals surface area contributed by atoms with Crippen molar-refractivity contribution in [1.29, 1.82) is 0 Å². The third kappa shape index (κ3) is 6.06. The number of hydrogen-bond donors (Lipinski definition) is 0. The molecule has 2 amide bonds. The van der Waals surface area contributed by atoms with Crippen molar-refractivity contribution in [1.82, 2.24) is 4.90 Å². The maximum Gasteiger partial charge on any atom is 0.329 e. The Labute approximate surface area is 202 Å². The van der Waals surface area contributed by atoms with Crippen molar-refractivity contribution < 1.29 is 14.3 Å². The van der Waals surface area contributed by atoms with Crippen molar-refractivity contribution in [3.63, 3.8) is 0 Å². The second-order valence-corrected chi connectivity index (χ2v) is 9.05. The lowest BCUT2D eigenvalue weighted by Crippen LogP contribution is -2.31. The Balaban J connectivity index is 0.00000306. The van der Waals surface area contributed by atoms with E-state index in [4.69, 9.17) is 4.74 Å². The number of urea groups is 1. The zero-order chi connectivity index (χ0) is 22.7. The fourth-order valence-electron chi connectivity index (χ4n) is 4.42. The first-order valence-electron chi connectivity index (χ1n) is 11.6. The van der Waals surface area contributed by atoms with Gasteiger partial charge in [0.2, 0.25) is 0 Å². The summed E-state index contributed by atoms with van der Waals surface area (Å²) in [6.45, 7) is 7.19. The normalized spacial score (nSPS) is 16.4. The summed E-state index contributed by atoms with van der Waals surface area (Å²) in [4.78, 5) is 31.0. The van der Waals surface area contributed by atoms with Gasteiger partial charge in [-0.15, -0.1) is 12.4 Å². The van der Waals surface area contributed by atoms with E-state index in [1.807, 2.05) is 47.9 Å². The third-order valence-electron chi connectivity index (χ3n) is 6.27. The lowest BCUT2D eigenvalue weighted by atomic mass is 10.0. The summed E-state index contributed by atoms with van der Waals surface area (Å²) in [6, 6.07) is 14.4. The van der Waals surface area contributed by atoms with Crippen LogP contribution in [-0.4, -0.2) is 56.2 Å². The smallest absolute Gasteiger partial charge is 0.329 e. The largest absolute Gasteiger partial charge is 0.463 e. The molecule has 1 saturated heterocycles. The van der Waals surface area contributed by atoms with Gasteiger partial charge in [0.1, 0.15) is 0 Å². The van der Waals surface area contributed by atoms with E-state index in [2.05, 4.69) is 30.1 Å². The van der Waals surface area contributed by atoms with E-state index in [0.717, 1.165) is 42.9 Å². The Morgan fingerprint density at radius 3 is 2.18 bits per heavy atom. The molecule has 0 bridgehead atoms. The lowest BCUT2D eigenvalue weighted by molar-refractivity contribution is -0.147. The number of carbonyl (C=O) groups is 2. The van der Waals surface area contributed by atoms with E-state index >= 15 is 0 Å². The van der Waals surface area contributed by atoms with Gasteiger partial charge in [-0.25, -0.2) is 4.79 Å². The minimum absolute atomic E-state index is 0. The molecule has 0 aliphatic carbocycles. The number of amides is 2. The molecule has 2 aromatic carbocycles. The molecule has 0 radical (unpaired) electrons. The maximum atomic E-state index is 13.2. The van der Waals surface area contributed by atoms with Gasteiger partial charge in [-0.1, -0.05) is 18.2 Å². The first-order valence-corrected chi connectivity index (χ1v) is 11.6. The van der Waals surface area contributed by atoms with Gasteiger partial charge in [-0.05, 0) is 81.1 Å². The molecule has 0 atom stereocenters. The van der Waals surface area contributed by atoms with Crippen LogP contribution >= 0.6 is 12.4 Å². The highest BCUT2D eigenvalue weighted by molar-refractivity contribution is 6.06. The Hall–Kier alpha value is -2.57. The Morgan fingerprint density at radius 1 is 0.909 bits per heavy atom. The van der Waals surface area contributed by atoms with Gasteiger partial charge in [-0.2, -0.15) is 0 Å². The van der Waals surface area contributed by atoms with Crippen LogP contribution in [0.3, 0.4) is 0 Å². The molecule has 2 heterocycles. The standard InChI is InChI=1S/C26H33N3O3.ClH/c1-19(2)32-25(30)11-6-20-4-8-23(9-5-20)28-16-17-29(26(28)31)24-10-7-21-12-14-27(3)15-13-22(21)18-24;/h4-5,7-10,18-19H,6,11-17H2,1-3H3;1H. The Bertz CT molecular complexity index is 977. The van der Waals surface area contributed by atoms with Crippen molar-refractivity contribution in [2.75, 3.05) is 43.0 Å². The van der Waals surface area contributed by atoms with E-state index < -0.39 is 0 Å². The Morgan fingerprint density at radius 2 is 1.52 bits per heavy atom. The first-order chi connectivity index (χ1) is 15.4. The van der Waals surface area contributed by atoms with E-state index in [-0.39, 0.29) is 30.5 Å². The third-order valence-corrected chi connectivity index (χ3v) is 6.27. The SMILES string of the molecule is CC(C)OC(=O)CCc1ccc(N2CCN(c3ccc4c(c3)CCN(C)CC4)C2=O)cc1.Cl. The molecular formula is C26H34ClN3O3. The summed E-state index contributed by atoms with van der Waals surface area (Å²) in [6.07, 6.45) is 3.00. The van der Waals surface area contributed by atoms with Crippen molar-refractivity contribution >= 4 is 35.8 Å². The molecule has 1 fully saturated rings. The molecule has 0 spiro atoms. The average molecular weight is 472 g/mol. The molecule has 0 aromatic heterocycles. The van der Waals surface area contributed by atoms with Gasteiger partial charge < -0.3 is 9.64 Å². The molecule has 0 N–H and O–H groups in total. The van der Waals surface area contributed by atoms with Gasteiger partial charge in [0.15, 0.2) is 0 Å². The minimum Gasteiger partial charge on any atom is -0.463 e. The highest BCUT2D eigenvalue weighted by Gasteiger charge is 2.31. The highest BCUT2D eigenvalue weighted by atomic mass is 35.5. The van der Waals surface area contributed by atoms with E-state index in [1.54, 1.807) is 0 Å². The van der Waals surface area contributed by atoms with Gasteiger partial charge in [0.05, 0.1) is 6.10 Å². The number of likely N-dealkylation sites (N-methyl/N-ethyl adjacent to an activating group) is 1. The number of carbonyl (C=O) groups excluding carboxylic acids is 2. The van der Waals surface area contributed by atoms with Crippen molar-refractivity contribution in [3.05, 3.63) is 59.2 Å². The van der Waals surface area contributed by atoms with Crippen LogP contribution in [0.1, 0.15) is 37.0 Å². The fourth-order valence-corrected chi connectivity index (χ4v) is 4.42. The van der Waals surface area contributed by atoms with Crippen LogP contribution < -0.4 is 9.80 Å². The van der Waals surface area contributed by atoms with Gasteiger partial charge in [0.25, 0.3) is 0 Å². The van der Waals surface area contributed by atoms with Crippen LogP contribution in [0.2, 0.25) is 0 Å². The van der Waals surface area contributed by atoms with Crippen LogP contribution in [0.15, 0.2) is 42.5 Å². The monoisotopic (exact) mass is 471 g/mol. The molecule has 2 aliphatic heterocycles. The minimum atomic E-state index is -0.179. The van der Waals surface area contributed by atoms with E-state index in [9.17, 15) is 9.59 Å². The molecular weight excluding hydrogens is 438 g/mol. The van der Waals surface area contributed by atoms with Crippen LogP contribution in [0.5, 0.6) is 0 Å². The number of aryl methyl sites for hydroxylation is 1. The number of benzene rings is 2. The zero-order valence-corrected chi connectivity index (χ0v) is 20.6. The predicted octanol–water partition coefficient (Wildman–Crippen LogP) is 4.47. The lowest BCUT2D eigenvalue weighted by Gasteiger charge is -2.20. The molecule has 7 heteroatoms. The van der Waals surface area contributed by atoms with Gasteiger partial charge >= 0.3 is 12.0 Å². The maximum absolute atomic E-state index is 13.2. The van der Waals surface area contributed by atoms with Crippen LogP contribution in [0.4, 0.5) is 16.2 Å². The molecule has 2 aromatic rings. The quantitative estimate of drug-likeness (QED) is 0.583. The topological polar surface area (TPSA) is 53.1 Å². The molecule has 178 valence electrons. The molecule has 0 saturated carbocycles. The molecule has 6 nitrogen and oxygen atoms in total. The fraction of sp³-hybridized carbons (Fsp3) is 0.462. The number of anilines is 2. The molecule has 2 aliphatic rings. The second kappa shape index (κ2) is 11.0. The summed E-state index contributed by atoms with van der Waals surface area (Å²) in [5, 5.41) is 0. The number of ether oxygens (including phenoxy) is 1. The van der Waals surface area contributed by atoms with Crippen molar-refractivity contribution in [2.24, 2.45) is 0 Å². The highest BCUT2D eigenvalue weighted by Crippen LogP contribution is 2.28. The summed E-state index contributed by atoms with van der Waals surface area (Å²) < 4.78 is 5.19. The summed E-state index contributed by atoms with van der Waals surface area (Å²) >= 11 is 0. The van der Waals surface area contributed by atoms with Crippen molar-refractivity contribution in [2.45, 2.75) is 45.6 Å². The number of fused-ring (bicyclic) bond motifs is 1. The van der Waals surface area contributed by atoms with Gasteiger partial charge in [0, 0.05) is 44.0 Å². The van der Waals surface area contributed by atoms with Crippen LogP contribution in [-0.2, 0) is 28.8 Å². The second-order valence-electron chi connectivity index (χ2n) is 9.05. The number of nitrogens with zero attached hydrogens (tertiary/aromatic N) is 3. The predicted molar refractivity (Wildman–Crippen MR) is 135 cm³/mol. The van der Waals surface area contributed by atoms with Gasteiger partial charge in [-0.3, -0.25) is 14.6 Å². The number of rotatable bonds is 6. The first kappa shape index (κ1) is 25.1. The summed E-state index contributed by atoms with van der Waals surface area (Å²) in [5.74, 6) is -0.179. The number of halogens is 1. The zero-order valence-electron chi connectivity index (χ0n) is 19.8. The molecule has 33 heavy (non-hydrogen) atoms. The van der Waals surface area contributed by atoms with Crippen molar-refractivity contribution in [3.8, 4) is 0 Å². The Kier molecular flexibility index (Phi) is 8.38. The molecule has 0 unspecified atom stereocenters. The van der Waals surface area contributed by atoms with Crippen LogP contribution in [0.25, 0.3) is 0 Å². The summed E-state index contributed by atoms with van der Waals surface area (Å²) in [5.41, 5.74) is 5.70. The number of esters is 1. The molecule has 4 rings (SSSR count). The van der Waals surface area contributed by atoms with Crippen LogP contribution in [0, 0.1) is 0 Å². The average Bonchev–Trinajstić information content (AvgIpc) is 3.05. The number of hydrogen-bond acceptors (Lipinski definition) is 4. The van der Waals surface area contributed by atoms with E-state index in [0.29, 0.717) is 25.9 Å².